The number of nitrogens with one attached hydrogen (secondary N) is 3. The van der Waals surface area contributed by atoms with Gasteiger partial charge in [-0.15, -0.1) is 0 Å². The molecule has 0 fully saturated rings. The third kappa shape index (κ3) is 11.7. The van der Waals surface area contributed by atoms with Crippen molar-refractivity contribution in [3.63, 3.8) is 0 Å². The Morgan fingerprint density at radius 1 is 0.962 bits per heavy atom. The third-order valence-electron chi connectivity index (χ3n) is 4.04. The first-order chi connectivity index (χ1) is 12.3. The number of nitrogens with two attached hydrogens (primary N) is 1. The quantitative estimate of drug-likeness (QED) is 0.295. The summed E-state index contributed by atoms with van der Waals surface area (Å²) in [4.78, 5) is 35.7. The van der Waals surface area contributed by atoms with E-state index in [1.54, 1.807) is 0 Å². The van der Waals surface area contributed by atoms with Gasteiger partial charge in [0.15, 0.2) is 0 Å². The van der Waals surface area contributed by atoms with Gasteiger partial charge < -0.3 is 26.8 Å². The Bertz CT molecular complexity index is 429. The number of carboxylic acids is 1. The Labute approximate surface area is 156 Å². The van der Waals surface area contributed by atoms with Crippen molar-refractivity contribution in [2.24, 2.45) is 11.7 Å². The van der Waals surface area contributed by atoms with E-state index in [1.165, 1.54) is 0 Å². The summed E-state index contributed by atoms with van der Waals surface area (Å²) in [5, 5.41) is 17.1. The standard InChI is InChI=1S/C18H36N4O4/c1-4-5-8-14(16(23)20-12-10-13(2)3)21-18(26)22-15(17(24)25)9-6-7-11-19/h13-15H,4-12,19H2,1-3H3,(H,20,23)(H,24,25)(H2,21,22,26)/t14-,15?/m1/s1. The third-order valence-corrected chi connectivity index (χ3v) is 4.04. The molecule has 0 rings (SSSR count). The molecule has 3 amide bonds. The zero-order chi connectivity index (χ0) is 19.9. The summed E-state index contributed by atoms with van der Waals surface area (Å²) in [5.41, 5.74) is 5.40. The second kappa shape index (κ2) is 14.4. The van der Waals surface area contributed by atoms with Crippen LogP contribution >= 0.6 is 0 Å². The van der Waals surface area contributed by atoms with Crippen molar-refractivity contribution in [3.8, 4) is 0 Å². The molecule has 0 aromatic rings. The minimum absolute atomic E-state index is 0.232. The van der Waals surface area contributed by atoms with E-state index >= 15 is 0 Å². The van der Waals surface area contributed by atoms with E-state index in [0.717, 1.165) is 19.3 Å². The van der Waals surface area contributed by atoms with Crippen LogP contribution in [0.15, 0.2) is 0 Å². The van der Waals surface area contributed by atoms with E-state index in [0.29, 0.717) is 44.7 Å². The highest BCUT2D eigenvalue weighted by atomic mass is 16.4. The highest BCUT2D eigenvalue weighted by Gasteiger charge is 2.24. The first-order valence-electron chi connectivity index (χ1n) is 9.59. The van der Waals surface area contributed by atoms with Gasteiger partial charge >= 0.3 is 12.0 Å². The first-order valence-corrected chi connectivity index (χ1v) is 9.59. The smallest absolute Gasteiger partial charge is 0.326 e. The fraction of sp³-hybridized carbons (Fsp3) is 0.833. The molecule has 0 saturated carbocycles. The average molecular weight is 373 g/mol. The van der Waals surface area contributed by atoms with Crippen LogP contribution in [0.1, 0.15) is 65.7 Å². The molecular weight excluding hydrogens is 336 g/mol. The van der Waals surface area contributed by atoms with Crippen molar-refractivity contribution in [2.75, 3.05) is 13.1 Å². The number of urea groups is 1. The highest BCUT2D eigenvalue weighted by Crippen LogP contribution is 2.04. The Hall–Kier alpha value is -1.83. The maximum atomic E-state index is 12.3. The number of carboxylic acid groups (broad SMARTS) is 1. The summed E-state index contributed by atoms with van der Waals surface area (Å²) in [6.45, 7) is 7.19. The van der Waals surface area contributed by atoms with Gasteiger partial charge in [-0.1, -0.05) is 33.6 Å². The number of aliphatic carboxylic acids is 1. The molecule has 6 N–H and O–H groups in total. The minimum atomic E-state index is -1.09. The first kappa shape index (κ1) is 24.2. The van der Waals surface area contributed by atoms with Gasteiger partial charge in [0.05, 0.1) is 0 Å². The summed E-state index contributed by atoms with van der Waals surface area (Å²) in [5.74, 6) is -0.849. The zero-order valence-electron chi connectivity index (χ0n) is 16.3. The monoisotopic (exact) mass is 372 g/mol. The van der Waals surface area contributed by atoms with Crippen molar-refractivity contribution < 1.29 is 19.5 Å². The summed E-state index contributed by atoms with van der Waals surface area (Å²) >= 11 is 0. The molecule has 0 bridgehead atoms. The van der Waals surface area contributed by atoms with E-state index in [1.807, 2.05) is 6.92 Å². The zero-order valence-corrected chi connectivity index (χ0v) is 16.3. The number of amides is 3. The number of hydrogen-bond donors (Lipinski definition) is 5. The van der Waals surface area contributed by atoms with Crippen LogP contribution in [0.4, 0.5) is 4.79 Å². The van der Waals surface area contributed by atoms with Gasteiger partial charge in [0, 0.05) is 6.54 Å². The fourth-order valence-electron chi connectivity index (χ4n) is 2.39. The fourth-order valence-corrected chi connectivity index (χ4v) is 2.39. The van der Waals surface area contributed by atoms with Gasteiger partial charge in [-0.25, -0.2) is 9.59 Å². The van der Waals surface area contributed by atoms with Crippen LogP contribution in [-0.4, -0.2) is 48.2 Å². The Kier molecular flexibility index (Phi) is 13.3. The predicted molar refractivity (Wildman–Crippen MR) is 102 cm³/mol. The molecule has 26 heavy (non-hydrogen) atoms. The number of unbranched alkanes of at least 4 members (excludes halogenated alkanes) is 2. The van der Waals surface area contributed by atoms with E-state index in [9.17, 15) is 19.5 Å². The van der Waals surface area contributed by atoms with Crippen LogP contribution < -0.4 is 21.7 Å². The van der Waals surface area contributed by atoms with Crippen LogP contribution in [0, 0.1) is 5.92 Å². The molecule has 0 aliphatic carbocycles. The largest absolute Gasteiger partial charge is 0.480 e. The van der Waals surface area contributed by atoms with Crippen LogP contribution in [-0.2, 0) is 9.59 Å². The van der Waals surface area contributed by atoms with Crippen molar-refractivity contribution in [1.29, 1.82) is 0 Å². The lowest BCUT2D eigenvalue weighted by Crippen LogP contribution is -2.53. The van der Waals surface area contributed by atoms with Gasteiger partial charge in [0.1, 0.15) is 12.1 Å². The number of carbonyl (C=O) groups excluding carboxylic acids is 2. The van der Waals surface area contributed by atoms with E-state index < -0.39 is 24.1 Å². The summed E-state index contributed by atoms with van der Waals surface area (Å²) in [7, 11) is 0. The number of rotatable bonds is 14. The molecule has 0 aliphatic heterocycles. The highest BCUT2D eigenvalue weighted by molar-refractivity contribution is 5.88. The molecular formula is C18H36N4O4. The molecule has 0 spiro atoms. The van der Waals surface area contributed by atoms with Crippen LogP contribution in [0.3, 0.4) is 0 Å². The SMILES string of the molecule is CCCC[C@@H](NC(=O)NC(CCCCN)C(=O)O)C(=O)NCCC(C)C. The van der Waals surface area contributed by atoms with Crippen LogP contribution in [0.25, 0.3) is 0 Å². The molecule has 2 atom stereocenters. The molecule has 152 valence electrons. The van der Waals surface area contributed by atoms with Gasteiger partial charge in [-0.05, 0) is 44.6 Å². The molecule has 0 radical (unpaired) electrons. The topological polar surface area (TPSA) is 134 Å². The second-order valence-corrected chi connectivity index (χ2v) is 6.96. The van der Waals surface area contributed by atoms with Crippen molar-refractivity contribution in [3.05, 3.63) is 0 Å². The number of carbonyl (C=O) groups is 3. The van der Waals surface area contributed by atoms with Gasteiger partial charge in [-0.2, -0.15) is 0 Å². The Morgan fingerprint density at radius 3 is 2.12 bits per heavy atom. The summed E-state index contributed by atoms with van der Waals surface area (Å²) < 4.78 is 0. The van der Waals surface area contributed by atoms with Gasteiger partial charge in [-0.3, -0.25) is 4.79 Å². The molecule has 8 heteroatoms. The Balaban J connectivity index is 4.62. The predicted octanol–water partition coefficient (Wildman–Crippen LogP) is 1.59. The number of hydrogen-bond acceptors (Lipinski definition) is 4. The van der Waals surface area contributed by atoms with E-state index in [-0.39, 0.29) is 5.91 Å². The normalized spacial score (nSPS) is 13.1. The van der Waals surface area contributed by atoms with Crippen molar-refractivity contribution in [1.82, 2.24) is 16.0 Å². The molecule has 0 heterocycles. The molecule has 0 aromatic heterocycles. The molecule has 0 aliphatic rings. The van der Waals surface area contributed by atoms with Crippen LogP contribution in [0.2, 0.25) is 0 Å². The van der Waals surface area contributed by atoms with Crippen LogP contribution in [0.5, 0.6) is 0 Å². The van der Waals surface area contributed by atoms with Gasteiger partial charge in [0.2, 0.25) is 5.91 Å². The van der Waals surface area contributed by atoms with Gasteiger partial charge in [0.25, 0.3) is 0 Å². The lowest BCUT2D eigenvalue weighted by atomic mass is 10.1. The van der Waals surface area contributed by atoms with Crippen molar-refractivity contribution >= 4 is 17.9 Å². The maximum absolute atomic E-state index is 12.3. The van der Waals surface area contributed by atoms with Crippen molar-refractivity contribution in [2.45, 2.75) is 77.8 Å². The maximum Gasteiger partial charge on any atom is 0.326 e. The molecule has 0 aromatic carbocycles. The average Bonchev–Trinajstić information content (AvgIpc) is 2.57. The lowest BCUT2D eigenvalue weighted by Gasteiger charge is -2.21. The Morgan fingerprint density at radius 2 is 1.58 bits per heavy atom. The summed E-state index contributed by atoms with van der Waals surface area (Å²) in [6.07, 6.45) is 4.69. The lowest BCUT2D eigenvalue weighted by molar-refractivity contribution is -0.139. The van der Waals surface area contributed by atoms with E-state index in [2.05, 4.69) is 29.8 Å². The molecule has 0 saturated heterocycles. The molecule has 8 nitrogen and oxygen atoms in total. The summed E-state index contributed by atoms with van der Waals surface area (Å²) in [6, 6.07) is -2.29. The minimum Gasteiger partial charge on any atom is -0.480 e. The second-order valence-electron chi connectivity index (χ2n) is 6.96. The molecule has 1 unspecified atom stereocenters. The van der Waals surface area contributed by atoms with E-state index in [4.69, 9.17) is 5.73 Å².